The third-order valence-electron chi connectivity index (χ3n) is 3.04. The summed E-state index contributed by atoms with van der Waals surface area (Å²) in [5.41, 5.74) is 3.76. The number of carbonyl (C=O) groups is 1. The van der Waals surface area contributed by atoms with Crippen LogP contribution in [0.1, 0.15) is 21.5 Å². The van der Waals surface area contributed by atoms with Gasteiger partial charge >= 0.3 is 0 Å². The zero-order valence-electron chi connectivity index (χ0n) is 11.7. The molecule has 0 aliphatic heterocycles. The molecule has 2 N–H and O–H groups in total. The molecule has 0 aliphatic carbocycles. The zero-order chi connectivity index (χ0) is 14.5. The Morgan fingerprint density at radius 3 is 2.90 bits per heavy atom. The lowest BCUT2D eigenvalue weighted by Crippen LogP contribution is -2.17. The quantitative estimate of drug-likeness (QED) is 0.876. The molecule has 0 unspecified atom stereocenters. The van der Waals surface area contributed by atoms with Crippen LogP contribution in [0.15, 0.2) is 37.2 Å². The van der Waals surface area contributed by atoms with Crippen LogP contribution in [0, 0.1) is 6.92 Å². The van der Waals surface area contributed by atoms with E-state index < -0.39 is 0 Å². The predicted octanol–water partition coefficient (Wildman–Crippen LogP) is 2.26. The van der Waals surface area contributed by atoms with E-state index in [1.165, 1.54) is 0 Å². The van der Waals surface area contributed by atoms with Crippen molar-refractivity contribution in [3.63, 3.8) is 0 Å². The average molecular weight is 270 g/mol. The van der Waals surface area contributed by atoms with Crippen LogP contribution in [0.3, 0.4) is 0 Å². The number of carbonyl (C=O) groups excluding carboxylic acids is 1. The van der Waals surface area contributed by atoms with Crippen molar-refractivity contribution >= 4 is 17.8 Å². The van der Waals surface area contributed by atoms with Crippen molar-refractivity contribution in [2.75, 3.05) is 12.4 Å². The van der Waals surface area contributed by atoms with Crippen molar-refractivity contribution in [3.8, 4) is 0 Å². The number of amides is 1. The lowest BCUT2D eigenvalue weighted by molar-refractivity contribution is 0.0963. The molecule has 104 valence electrons. The van der Waals surface area contributed by atoms with E-state index in [0.717, 1.165) is 16.8 Å². The van der Waals surface area contributed by atoms with Crippen molar-refractivity contribution in [2.45, 2.75) is 13.5 Å². The molecule has 5 nitrogen and oxygen atoms in total. The summed E-state index contributed by atoms with van der Waals surface area (Å²) < 4.78 is 1.67. The monoisotopic (exact) mass is 270 g/mol. The van der Waals surface area contributed by atoms with E-state index in [2.05, 4.69) is 22.3 Å². The number of nitrogens with zero attached hydrogens (tertiary/aromatic N) is 2. The van der Waals surface area contributed by atoms with Gasteiger partial charge in [-0.05, 0) is 30.7 Å². The second-order valence-corrected chi connectivity index (χ2v) is 4.47. The number of aromatic nitrogens is 2. The number of aryl methyl sites for hydroxylation is 1. The Morgan fingerprint density at radius 2 is 2.30 bits per heavy atom. The number of anilines is 1. The fraction of sp³-hybridized carbons (Fsp3) is 0.200. The summed E-state index contributed by atoms with van der Waals surface area (Å²) in [6, 6.07) is 5.59. The summed E-state index contributed by atoms with van der Waals surface area (Å²) in [6.07, 6.45) is 5.35. The Kier molecular flexibility index (Phi) is 4.20. The Morgan fingerprint density at radius 1 is 1.50 bits per heavy atom. The summed E-state index contributed by atoms with van der Waals surface area (Å²) >= 11 is 0. The first kappa shape index (κ1) is 13.9. The lowest BCUT2D eigenvalue weighted by Gasteiger charge is -2.10. The highest BCUT2D eigenvalue weighted by atomic mass is 16.1. The molecule has 0 radical (unpaired) electrons. The normalized spacial score (nSPS) is 10.1. The highest BCUT2D eigenvalue weighted by molar-refractivity contribution is 5.94. The molecule has 2 aromatic rings. The summed E-state index contributed by atoms with van der Waals surface area (Å²) in [5.74, 6) is -0.0769. The van der Waals surface area contributed by atoms with E-state index in [4.69, 9.17) is 0 Å². The van der Waals surface area contributed by atoms with Crippen LogP contribution in [0.5, 0.6) is 0 Å². The molecule has 0 saturated carbocycles. The molecular weight excluding hydrogens is 252 g/mol. The molecule has 0 bridgehead atoms. The highest BCUT2D eigenvalue weighted by Crippen LogP contribution is 2.17. The molecule has 1 aromatic carbocycles. The van der Waals surface area contributed by atoms with Crippen molar-refractivity contribution in [3.05, 3.63) is 53.9 Å². The van der Waals surface area contributed by atoms with Crippen molar-refractivity contribution in [1.82, 2.24) is 15.1 Å². The van der Waals surface area contributed by atoms with Gasteiger partial charge in [0.25, 0.3) is 5.91 Å². The number of nitrogens with one attached hydrogen (secondary N) is 2. The van der Waals surface area contributed by atoms with Gasteiger partial charge in [-0.25, -0.2) is 4.68 Å². The second kappa shape index (κ2) is 6.06. The Hall–Kier alpha value is -2.56. The van der Waals surface area contributed by atoms with Gasteiger partial charge < -0.3 is 10.6 Å². The zero-order valence-corrected chi connectivity index (χ0v) is 11.7. The Labute approximate surface area is 118 Å². The summed E-state index contributed by atoms with van der Waals surface area (Å²) in [6.45, 7) is 6.30. The minimum Gasteiger partial charge on any atom is -0.381 e. The largest absolute Gasteiger partial charge is 0.381 e. The number of hydrogen-bond acceptors (Lipinski definition) is 3. The average Bonchev–Trinajstić information content (AvgIpc) is 2.93. The van der Waals surface area contributed by atoms with Gasteiger partial charge in [-0.2, -0.15) is 5.10 Å². The molecule has 20 heavy (non-hydrogen) atoms. The lowest BCUT2D eigenvalue weighted by atomic mass is 10.1. The van der Waals surface area contributed by atoms with Crippen molar-refractivity contribution < 1.29 is 4.79 Å². The van der Waals surface area contributed by atoms with E-state index in [9.17, 15) is 4.79 Å². The minimum atomic E-state index is -0.0769. The Bertz CT molecular complexity index is 631. The molecule has 0 spiro atoms. The highest BCUT2D eigenvalue weighted by Gasteiger charge is 2.06. The van der Waals surface area contributed by atoms with Gasteiger partial charge in [-0.15, -0.1) is 0 Å². The van der Waals surface area contributed by atoms with Gasteiger partial charge in [0.15, 0.2) is 0 Å². The second-order valence-electron chi connectivity index (χ2n) is 4.47. The van der Waals surface area contributed by atoms with Crippen LogP contribution in [0.25, 0.3) is 6.20 Å². The first-order chi connectivity index (χ1) is 9.63. The van der Waals surface area contributed by atoms with Gasteiger partial charge in [0.1, 0.15) is 0 Å². The first-order valence-corrected chi connectivity index (χ1v) is 6.36. The number of benzene rings is 1. The molecule has 2 rings (SSSR count). The van der Waals surface area contributed by atoms with Gasteiger partial charge in [0.2, 0.25) is 0 Å². The van der Waals surface area contributed by atoms with E-state index in [0.29, 0.717) is 12.1 Å². The molecule has 1 aromatic heterocycles. The molecular formula is C15H18N4O. The van der Waals surface area contributed by atoms with Gasteiger partial charge in [0, 0.05) is 42.8 Å². The molecule has 0 aliphatic rings. The van der Waals surface area contributed by atoms with Crippen LogP contribution >= 0.6 is 0 Å². The van der Waals surface area contributed by atoms with Crippen LogP contribution in [0.2, 0.25) is 0 Å². The SMILES string of the molecule is C=Cn1cc(CNc2ccc(C(=O)NC)cc2C)cn1. The standard InChI is InChI=1S/C15H18N4O/c1-4-19-10-12(9-18-19)8-17-14-6-5-13(7-11(14)2)15(20)16-3/h4-7,9-10,17H,1,8H2,2-3H3,(H,16,20). The van der Waals surface area contributed by atoms with Crippen LogP contribution in [-0.4, -0.2) is 22.7 Å². The van der Waals surface area contributed by atoms with Gasteiger partial charge in [-0.1, -0.05) is 6.58 Å². The predicted molar refractivity (Wildman–Crippen MR) is 80.5 cm³/mol. The van der Waals surface area contributed by atoms with Crippen LogP contribution in [0.4, 0.5) is 5.69 Å². The maximum absolute atomic E-state index is 11.5. The molecule has 5 heteroatoms. The summed E-state index contributed by atoms with van der Waals surface area (Å²) in [7, 11) is 1.63. The topological polar surface area (TPSA) is 59.0 Å². The van der Waals surface area contributed by atoms with E-state index in [1.807, 2.05) is 25.3 Å². The van der Waals surface area contributed by atoms with E-state index in [-0.39, 0.29) is 5.91 Å². The Balaban J connectivity index is 2.06. The summed E-state index contributed by atoms with van der Waals surface area (Å²) in [4.78, 5) is 11.5. The number of rotatable bonds is 5. The maximum Gasteiger partial charge on any atom is 0.251 e. The third-order valence-corrected chi connectivity index (χ3v) is 3.04. The maximum atomic E-state index is 11.5. The van der Waals surface area contributed by atoms with Gasteiger partial charge in [0.05, 0.1) is 6.20 Å². The fourth-order valence-electron chi connectivity index (χ4n) is 1.91. The third kappa shape index (κ3) is 3.06. The molecule has 0 fully saturated rings. The first-order valence-electron chi connectivity index (χ1n) is 6.36. The molecule has 0 atom stereocenters. The minimum absolute atomic E-state index is 0.0769. The fourth-order valence-corrected chi connectivity index (χ4v) is 1.91. The van der Waals surface area contributed by atoms with E-state index >= 15 is 0 Å². The van der Waals surface area contributed by atoms with Crippen LogP contribution < -0.4 is 10.6 Å². The van der Waals surface area contributed by atoms with Crippen molar-refractivity contribution in [2.24, 2.45) is 0 Å². The molecule has 0 saturated heterocycles. The van der Waals surface area contributed by atoms with Crippen LogP contribution in [-0.2, 0) is 6.54 Å². The number of hydrogen-bond donors (Lipinski definition) is 2. The van der Waals surface area contributed by atoms with E-state index in [1.54, 1.807) is 30.2 Å². The molecule has 1 amide bonds. The smallest absolute Gasteiger partial charge is 0.251 e. The molecule has 1 heterocycles. The summed E-state index contributed by atoms with van der Waals surface area (Å²) in [5, 5.41) is 10.1. The van der Waals surface area contributed by atoms with Gasteiger partial charge in [-0.3, -0.25) is 4.79 Å². The van der Waals surface area contributed by atoms with Crippen molar-refractivity contribution in [1.29, 1.82) is 0 Å².